The molecule has 0 aliphatic rings. The Bertz CT molecular complexity index is 1470. The van der Waals surface area contributed by atoms with Crippen LogP contribution in [0.2, 0.25) is 0 Å². The molecule has 4 aromatic rings. The molecule has 2 N–H and O–H groups in total. The second-order valence-corrected chi connectivity index (χ2v) is 10.7. The molecule has 0 bridgehead atoms. The van der Waals surface area contributed by atoms with Crippen LogP contribution in [0.3, 0.4) is 0 Å². The van der Waals surface area contributed by atoms with Crippen LogP contribution in [0.15, 0.2) is 108 Å². The lowest BCUT2D eigenvalue weighted by atomic mass is 10.1. The maximum absolute atomic E-state index is 13.3. The first kappa shape index (κ1) is 27.9. The highest BCUT2D eigenvalue weighted by molar-refractivity contribution is 7.89. The minimum Gasteiger partial charge on any atom is -0.494 e. The largest absolute Gasteiger partial charge is 0.494 e. The van der Waals surface area contributed by atoms with Gasteiger partial charge >= 0.3 is 0 Å². The van der Waals surface area contributed by atoms with Gasteiger partial charge in [-0.05, 0) is 79.4 Å². The number of anilines is 1. The Hall–Kier alpha value is -4.14. The number of hydrogen-bond donors (Lipinski definition) is 2. The number of aryl methyl sites for hydroxylation is 1. The van der Waals surface area contributed by atoms with Gasteiger partial charge in [-0.1, -0.05) is 60.7 Å². The first-order valence-electron chi connectivity index (χ1n) is 12.7. The van der Waals surface area contributed by atoms with Gasteiger partial charge in [0.05, 0.1) is 11.5 Å². The summed E-state index contributed by atoms with van der Waals surface area (Å²) in [7, 11) is -4.00. The van der Waals surface area contributed by atoms with Crippen molar-refractivity contribution in [1.82, 2.24) is 4.72 Å². The third kappa shape index (κ3) is 7.92. The fourth-order valence-corrected chi connectivity index (χ4v) is 5.28. The van der Waals surface area contributed by atoms with Crippen molar-refractivity contribution in [3.05, 3.63) is 120 Å². The van der Waals surface area contributed by atoms with Gasteiger partial charge in [-0.25, -0.2) is 8.42 Å². The van der Waals surface area contributed by atoms with Crippen LogP contribution < -0.4 is 19.5 Å². The quantitative estimate of drug-likeness (QED) is 0.246. The Labute approximate surface area is 229 Å². The molecule has 0 aliphatic carbocycles. The number of carbonyl (C=O) groups excluding carboxylic acids is 1. The van der Waals surface area contributed by atoms with E-state index in [-0.39, 0.29) is 11.3 Å². The molecular formula is C31H32N2O5S. The summed E-state index contributed by atoms with van der Waals surface area (Å²) in [5.74, 6) is 0.804. The van der Waals surface area contributed by atoms with E-state index in [0.717, 1.165) is 11.1 Å². The van der Waals surface area contributed by atoms with E-state index in [1.165, 1.54) is 6.07 Å². The second kappa shape index (κ2) is 13.1. The molecule has 4 aromatic carbocycles. The highest BCUT2D eigenvalue weighted by Gasteiger charge is 2.27. The average molecular weight is 545 g/mol. The smallest absolute Gasteiger partial charge is 0.242 e. The number of rotatable bonds is 12. The number of benzene rings is 4. The number of amides is 1. The van der Waals surface area contributed by atoms with Crippen molar-refractivity contribution in [1.29, 1.82) is 0 Å². The van der Waals surface area contributed by atoms with E-state index < -0.39 is 22.0 Å². The summed E-state index contributed by atoms with van der Waals surface area (Å²) < 4.78 is 40.5. The molecule has 202 valence electrons. The van der Waals surface area contributed by atoms with Crippen LogP contribution in [0, 0.1) is 6.92 Å². The van der Waals surface area contributed by atoms with Crippen LogP contribution in [-0.2, 0) is 27.8 Å². The van der Waals surface area contributed by atoms with Crippen LogP contribution in [0.1, 0.15) is 23.6 Å². The van der Waals surface area contributed by atoms with Crippen molar-refractivity contribution >= 4 is 21.6 Å². The van der Waals surface area contributed by atoms with Crippen LogP contribution in [0.25, 0.3) is 0 Å². The van der Waals surface area contributed by atoms with Crippen molar-refractivity contribution in [2.24, 2.45) is 0 Å². The second-order valence-electron chi connectivity index (χ2n) is 9.01. The Kier molecular flexibility index (Phi) is 9.35. The summed E-state index contributed by atoms with van der Waals surface area (Å²) in [4.78, 5) is 13.4. The van der Waals surface area contributed by atoms with E-state index in [1.54, 1.807) is 43.3 Å². The topological polar surface area (TPSA) is 93.7 Å². The molecule has 1 amide bonds. The number of carbonyl (C=O) groups is 1. The zero-order valence-electron chi connectivity index (χ0n) is 22.0. The van der Waals surface area contributed by atoms with Crippen molar-refractivity contribution in [3.63, 3.8) is 0 Å². The van der Waals surface area contributed by atoms with Crippen molar-refractivity contribution in [3.8, 4) is 11.5 Å². The minimum atomic E-state index is -4.00. The predicted octanol–water partition coefficient (Wildman–Crippen LogP) is 5.50. The molecule has 7 nitrogen and oxygen atoms in total. The SMILES string of the molecule is CCOc1ccc(S(=O)(=O)NC(Cc2ccccc2)C(=O)Nc2ccc(OCc3ccccc3)cc2)cc1C. The summed E-state index contributed by atoms with van der Waals surface area (Å²) in [6, 6.07) is 29.7. The van der Waals surface area contributed by atoms with Gasteiger partial charge in [-0.3, -0.25) is 4.79 Å². The highest BCUT2D eigenvalue weighted by atomic mass is 32.2. The van der Waals surface area contributed by atoms with Crippen molar-refractivity contribution < 1.29 is 22.7 Å². The molecule has 4 rings (SSSR count). The van der Waals surface area contributed by atoms with Gasteiger partial charge in [0.2, 0.25) is 15.9 Å². The Balaban J connectivity index is 1.48. The van der Waals surface area contributed by atoms with Gasteiger partial charge in [0.15, 0.2) is 0 Å². The summed E-state index contributed by atoms with van der Waals surface area (Å²) in [5, 5.41) is 2.83. The maximum atomic E-state index is 13.3. The molecular weight excluding hydrogens is 512 g/mol. The Morgan fingerprint density at radius 1 is 0.821 bits per heavy atom. The molecule has 0 heterocycles. The summed E-state index contributed by atoms with van der Waals surface area (Å²) in [6.07, 6.45) is 0.181. The lowest BCUT2D eigenvalue weighted by Crippen LogP contribution is -2.45. The third-order valence-corrected chi connectivity index (χ3v) is 7.49. The van der Waals surface area contributed by atoms with Gasteiger partial charge in [0, 0.05) is 5.69 Å². The summed E-state index contributed by atoms with van der Waals surface area (Å²) in [5.41, 5.74) is 3.10. The van der Waals surface area contributed by atoms with Crippen molar-refractivity contribution in [2.75, 3.05) is 11.9 Å². The van der Waals surface area contributed by atoms with Gasteiger partial charge in [-0.15, -0.1) is 0 Å². The number of hydrogen-bond acceptors (Lipinski definition) is 5. The number of nitrogens with one attached hydrogen (secondary N) is 2. The monoisotopic (exact) mass is 544 g/mol. The lowest BCUT2D eigenvalue weighted by molar-refractivity contribution is -0.117. The minimum absolute atomic E-state index is 0.0641. The van der Waals surface area contributed by atoms with Gasteiger partial charge in [0.25, 0.3) is 0 Å². The van der Waals surface area contributed by atoms with E-state index in [9.17, 15) is 13.2 Å². The summed E-state index contributed by atoms with van der Waals surface area (Å²) >= 11 is 0. The van der Waals surface area contributed by atoms with E-state index >= 15 is 0 Å². The first-order valence-corrected chi connectivity index (χ1v) is 14.2. The lowest BCUT2D eigenvalue weighted by Gasteiger charge is -2.19. The van der Waals surface area contributed by atoms with Crippen LogP contribution >= 0.6 is 0 Å². The third-order valence-electron chi connectivity index (χ3n) is 6.02. The normalized spacial score (nSPS) is 11.9. The fraction of sp³-hybridized carbons (Fsp3) is 0.194. The van der Waals surface area contributed by atoms with Crippen LogP contribution in [0.4, 0.5) is 5.69 Å². The molecule has 39 heavy (non-hydrogen) atoms. The van der Waals surface area contributed by atoms with E-state index in [1.807, 2.05) is 67.6 Å². The summed E-state index contributed by atoms with van der Waals surface area (Å²) in [6.45, 7) is 4.55. The Morgan fingerprint density at radius 2 is 1.46 bits per heavy atom. The standard InChI is InChI=1S/C31H32N2O5S/c1-3-37-30-19-18-28(20-23(30)2)39(35,36)33-29(21-24-10-6-4-7-11-24)31(34)32-26-14-16-27(17-15-26)38-22-25-12-8-5-9-13-25/h4-20,29,33H,3,21-22H2,1-2H3,(H,32,34). The van der Waals surface area contributed by atoms with E-state index in [4.69, 9.17) is 9.47 Å². The molecule has 0 aliphatic heterocycles. The van der Waals surface area contributed by atoms with Gasteiger partial charge in [-0.2, -0.15) is 4.72 Å². The predicted molar refractivity (Wildman–Crippen MR) is 152 cm³/mol. The zero-order valence-corrected chi connectivity index (χ0v) is 22.8. The van der Waals surface area contributed by atoms with Crippen LogP contribution in [-0.4, -0.2) is 27.0 Å². The molecule has 0 spiro atoms. The van der Waals surface area contributed by atoms with Crippen LogP contribution in [0.5, 0.6) is 11.5 Å². The zero-order chi connectivity index (χ0) is 27.7. The van der Waals surface area contributed by atoms with E-state index in [0.29, 0.717) is 36.0 Å². The molecule has 0 aromatic heterocycles. The molecule has 0 saturated heterocycles. The van der Waals surface area contributed by atoms with Gasteiger partial charge in [0.1, 0.15) is 24.1 Å². The number of ether oxygens (including phenoxy) is 2. The first-order chi connectivity index (χ1) is 18.8. The maximum Gasteiger partial charge on any atom is 0.242 e. The molecule has 0 fully saturated rings. The highest BCUT2D eigenvalue weighted by Crippen LogP contribution is 2.23. The molecule has 8 heteroatoms. The van der Waals surface area contributed by atoms with Crippen molar-refractivity contribution in [2.45, 2.75) is 37.8 Å². The fourth-order valence-electron chi connectivity index (χ4n) is 4.00. The van der Waals surface area contributed by atoms with E-state index in [2.05, 4.69) is 10.0 Å². The molecule has 1 atom stereocenters. The average Bonchev–Trinajstić information content (AvgIpc) is 2.94. The number of sulfonamides is 1. The Morgan fingerprint density at radius 3 is 2.08 bits per heavy atom. The molecule has 0 radical (unpaired) electrons. The van der Waals surface area contributed by atoms with Gasteiger partial charge < -0.3 is 14.8 Å². The molecule has 1 unspecified atom stereocenters. The molecule has 0 saturated carbocycles.